The highest BCUT2D eigenvalue weighted by Crippen LogP contribution is 2.42. The molecule has 1 saturated heterocycles. The summed E-state index contributed by atoms with van der Waals surface area (Å²) in [5.74, 6) is -0.349. The summed E-state index contributed by atoms with van der Waals surface area (Å²) < 4.78 is 7.05. The molecule has 4 aromatic rings. The van der Waals surface area contributed by atoms with Crippen LogP contribution in [0.15, 0.2) is 79.3 Å². The van der Waals surface area contributed by atoms with Gasteiger partial charge >= 0.3 is 5.97 Å². The maximum absolute atomic E-state index is 11.9. The molecule has 1 fully saturated rings. The number of methoxy groups -OCH3 is 1. The topological polar surface area (TPSA) is 72.3 Å². The highest BCUT2D eigenvalue weighted by atomic mass is 32.1. The summed E-state index contributed by atoms with van der Waals surface area (Å²) in [6.45, 7) is 4.84. The molecule has 0 radical (unpaired) electrons. The molecule has 2 atom stereocenters. The number of carbonyl (C=O) groups is 1. The highest BCUT2D eigenvalue weighted by Gasteiger charge is 2.41. The Morgan fingerprint density at radius 3 is 2.56 bits per heavy atom. The molecular weight excluding hydrogens is 470 g/mol. The lowest BCUT2D eigenvalue weighted by Crippen LogP contribution is -2.29. The fourth-order valence-corrected chi connectivity index (χ4v) is 5.26. The Labute approximate surface area is 215 Å². The molecule has 0 spiro atoms. The molecule has 7 nitrogen and oxygen atoms in total. The Hall–Kier alpha value is -4.04. The number of aryl methyl sites for hydroxylation is 1. The molecule has 5 rings (SSSR count). The molecule has 0 amide bonds. The number of esters is 1. The minimum Gasteiger partial charge on any atom is -0.465 e. The van der Waals surface area contributed by atoms with Crippen LogP contribution in [0.5, 0.6) is 0 Å². The molecule has 4 heterocycles. The summed E-state index contributed by atoms with van der Waals surface area (Å²) in [5.41, 5.74) is 6.87. The van der Waals surface area contributed by atoms with Crippen molar-refractivity contribution in [1.82, 2.24) is 24.8 Å². The summed E-state index contributed by atoms with van der Waals surface area (Å²) in [4.78, 5) is 23.1. The maximum Gasteiger partial charge on any atom is 0.337 e. The third-order valence-electron chi connectivity index (χ3n) is 6.61. The smallest absolute Gasteiger partial charge is 0.337 e. The second-order valence-electron chi connectivity index (χ2n) is 8.82. The number of thiocarbonyl (C=S) groups is 1. The van der Waals surface area contributed by atoms with E-state index in [1.165, 1.54) is 7.11 Å². The molecule has 1 aliphatic rings. The van der Waals surface area contributed by atoms with Crippen LogP contribution >= 0.6 is 12.2 Å². The zero-order chi connectivity index (χ0) is 25.2. The first-order valence-corrected chi connectivity index (χ1v) is 12.1. The Morgan fingerprint density at radius 1 is 1.08 bits per heavy atom. The molecule has 36 heavy (non-hydrogen) atoms. The third-order valence-corrected chi connectivity index (χ3v) is 6.96. The van der Waals surface area contributed by atoms with Gasteiger partial charge in [0.25, 0.3) is 0 Å². The molecule has 182 valence electrons. The first kappa shape index (κ1) is 23.7. The van der Waals surface area contributed by atoms with Gasteiger partial charge in [-0.25, -0.2) is 4.79 Å². The number of nitrogens with zero attached hydrogens (tertiary/aromatic N) is 4. The fourth-order valence-electron chi connectivity index (χ4n) is 4.95. The Balaban J connectivity index is 1.58. The van der Waals surface area contributed by atoms with E-state index in [4.69, 9.17) is 17.0 Å². The average Bonchev–Trinajstić information content (AvgIpc) is 3.39. The predicted octanol–water partition coefficient (Wildman–Crippen LogP) is 4.84. The van der Waals surface area contributed by atoms with Crippen molar-refractivity contribution in [2.24, 2.45) is 0 Å². The van der Waals surface area contributed by atoms with Gasteiger partial charge in [-0.1, -0.05) is 12.1 Å². The summed E-state index contributed by atoms with van der Waals surface area (Å²) in [6.07, 6.45) is 5.46. The maximum atomic E-state index is 11.9. The zero-order valence-electron chi connectivity index (χ0n) is 20.4. The lowest BCUT2D eigenvalue weighted by atomic mass is 9.96. The minimum atomic E-state index is -0.349. The van der Waals surface area contributed by atoms with Crippen LogP contribution in [0.2, 0.25) is 0 Å². The van der Waals surface area contributed by atoms with Gasteiger partial charge in [0.1, 0.15) is 0 Å². The standard InChI is InChI=1S/C28H27N5O2S/c1-18-15-23(19(2)33(18)22-11-9-21(10-12-22)27(34)35-3)26-25(24-8-4-5-14-30-24)31-28(36)32(26)17-20-7-6-13-29-16-20/h4-16,25-26H,17H2,1-3H3,(H,31,36)/t25-,26+/m0/s1. The third kappa shape index (κ3) is 4.35. The minimum absolute atomic E-state index is 0.0677. The van der Waals surface area contributed by atoms with E-state index in [1.807, 2.05) is 48.8 Å². The molecule has 0 unspecified atom stereocenters. The lowest BCUT2D eigenvalue weighted by molar-refractivity contribution is 0.0600. The lowest BCUT2D eigenvalue weighted by Gasteiger charge is -2.28. The van der Waals surface area contributed by atoms with Gasteiger partial charge in [-0.15, -0.1) is 0 Å². The van der Waals surface area contributed by atoms with Gasteiger partial charge in [0.15, 0.2) is 5.11 Å². The van der Waals surface area contributed by atoms with Gasteiger partial charge in [-0.2, -0.15) is 0 Å². The van der Waals surface area contributed by atoms with E-state index in [1.54, 1.807) is 18.3 Å². The molecule has 0 bridgehead atoms. The second-order valence-corrected chi connectivity index (χ2v) is 9.20. The van der Waals surface area contributed by atoms with Crippen molar-refractivity contribution in [3.63, 3.8) is 0 Å². The van der Waals surface area contributed by atoms with Crippen LogP contribution < -0.4 is 5.32 Å². The van der Waals surface area contributed by atoms with Crippen LogP contribution in [0.25, 0.3) is 5.69 Å². The first-order valence-electron chi connectivity index (χ1n) is 11.7. The number of benzene rings is 1. The predicted molar refractivity (Wildman–Crippen MR) is 142 cm³/mol. The number of pyridine rings is 2. The summed E-state index contributed by atoms with van der Waals surface area (Å²) in [5, 5.41) is 4.21. The van der Waals surface area contributed by atoms with Crippen LogP contribution in [-0.2, 0) is 11.3 Å². The molecule has 3 aromatic heterocycles. The number of hydrogen-bond donors (Lipinski definition) is 1. The summed E-state index contributed by atoms with van der Waals surface area (Å²) in [6, 6.07) is 19.5. The normalized spacial score (nSPS) is 17.2. The number of carbonyl (C=O) groups excluding carboxylic acids is 1. The van der Waals surface area contributed by atoms with Crippen LogP contribution in [0.4, 0.5) is 0 Å². The molecule has 8 heteroatoms. The SMILES string of the molecule is COC(=O)c1ccc(-n2c(C)cc([C@@H]3[C@H](c4ccccn4)NC(=S)N3Cc3cccnc3)c2C)cc1. The van der Waals surface area contributed by atoms with Crippen LogP contribution in [-0.4, -0.2) is 37.6 Å². The fraction of sp³-hybridized carbons (Fsp3) is 0.214. The average molecular weight is 498 g/mol. The largest absolute Gasteiger partial charge is 0.465 e. The molecule has 0 saturated carbocycles. The first-order chi connectivity index (χ1) is 17.5. The van der Waals surface area contributed by atoms with Gasteiger partial charge in [0.05, 0.1) is 30.5 Å². The quantitative estimate of drug-likeness (QED) is 0.302. The van der Waals surface area contributed by atoms with Crippen molar-refractivity contribution in [2.45, 2.75) is 32.5 Å². The van der Waals surface area contributed by atoms with Crippen molar-refractivity contribution >= 4 is 23.3 Å². The van der Waals surface area contributed by atoms with Crippen molar-refractivity contribution in [3.8, 4) is 5.69 Å². The summed E-state index contributed by atoms with van der Waals surface area (Å²) in [7, 11) is 1.39. The Kier molecular flexibility index (Phi) is 6.52. The van der Waals surface area contributed by atoms with Gasteiger partial charge in [0, 0.05) is 42.2 Å². The zero-order valence-corrected chi connectivity index (χ0v) is 21.2. The van der Waals surface area contributed by atoms with Crippen LogP contribution in [0.1, 0.15) is 50.7 Å². The van der Waals surface area contributed by atoms with Crippen LogP contribution in [0, 0.1) is 13.8 Å². The van der Waals surface area contributed by atoms with Gasteiger partial charge in [0.2, 0.25) is 0 Å². The summed E-state index contributed by atoms with van der Waals surface area (Å²) >= 11 is 5.84. The number of ether oxygens (including phenoxy) is 1. The van der Waals surface area contributed by atoms with E-state index in [0.717, 1.165) is 33.9 Å². The molecule has 1 aliphatic heterocycles. The highest BCUT2D eigenvalue weighted by molar-refractivity contribution is 7.80. The van der Waals surface area contributed by atoms with Crippen molar-refractivity contribution in [1.29, 1.82) is 0 Å². The van der Waals surface area contributed by atoms with Gasteiger partial charge in [-0.05, 0) is 85.7 Å². The van der Waals surface area contributed by atoms with Crippen molar-refractivity contribution in [2.75, 3.05) is 7.11 Å². The van der Waals surface area contributed by atoms with E-state index in [-0.39, 0.29) is 18.1 Å². The second kappa shape index (κ2) is 9.91. The number of hydrogen-bond acceptors (Lipinski definition) is 5. The van der Waals surface area contributed by atoms with E-state index in [2.05, 4.69) is 50.7 Å². The van der Waals surface area contributed by atoms with E-state index >= 15 is 0 Å². The number of nitrogens with one attached hydrogen (secondary N) is 1. The van der Waals surface area contributed by atoms with Crippen LogP contribution in [0.3, 0.4) is 0 Å². The van der Waals surface area contributed by atoms with Gasteiger partial charge in [-0.3, -0.25) is 9.97 Å². The monoisotopic (exact) mass is 497 g/mol. The van der Waals surface area contributed by atoms with E-state index < -0.39 is 0 Å². The van der Waals surface area contributed by atoms with Crippen molar-refractivity contribution < 1.29 is 9.53 Å². The van der Waals surface area contributed by atoms with E-state index in [9.17, 15) is 4.79 Å². The molecule has 0 aliphatic carbocycles. The van der Waals surface area contributed by atoms with Gasteiger partial charge < -0.3 is 19.5 Å². The molecule has 1 N–H and O–H groups in total. The van der Waals surface area contributed by atoms with Crippen molar-refractivity contribution in [3.05, 3.63) is 113 Å². The number of rotatable bonds is 6. The van der Waals surface area contributed by atoms with E-state index in [0.29, 0.717) is 17.2 Å². The molecular formula is C28H27N5O2S. The molecule has 1 aromatic carbocycles. The Morgan fingerprint density at radius 2 is 1.89 bits per heavy atom. The number of aromatic nitrogens is 3. The Bertz CT molecular complexity index is 1390.